The number of rotatable bonds is 10. The molecule has 0 saturated carbocycles. The molecule has 6 rings (SSSR count). The first-order valence-corrected chi connectivity index (χ1v) is 15.0. The first-order chi connectivity index (χ1) is 21.8. The van der Waals surface area contributed by atoms with Crippen LogP contribution in [0.15, 0.2) is 25.0 Å². The van der Waals surface area contributed by atoms with E-state index in [2.05, 4.69) is 20.6 Å². The Morgan fingerprint density at radius 1 is 0.711 bits per heavy atom. The fourth-order valence-electron chi connectivity index (χ4n) is 6.13. The lowest BCUT2D eigenvalue weighted by atomic mass is 10.0. The number of aromatic nitrogens is 4. The Bertz CT molecular complexity index is 1380. The minimum Gasteiger partial charge on any atom is -0.446 e. The first-order valence-electron chi connectivity index (χ1n) is 15.0. The highest BCUT2D eigenvalue weighted by atomic mass is 16.6. The molecular formula is C28H34N8O9. The van der Waals surface area contributed by atoms with Crippen LogP contribution in [0.4, 0.5) is 9.59 Å². The summed E-state index contributed by atoms with van der Waals surface area (Å²) < 4.78 is 18.0. The normalized spacial score (nSPS) is 24.3. The number of imidazole rings is 2. The molecule has 4 amide bonds. The van der Waals surface area contributed by atoms with Gasteiger partial charge in [-0.2, -0.15) is 0 Å². The van der Waals surface area contributed by atoms with Gasteiger partial charge in [-0.05, 0) is 25.7 Å². The maximum atomic E-state index is 12.7. The van der Waals surface area contributed by atoms with Crippen LogP contribution in [-0.4, -0.2) is 128 Å². The fourth-order valence-corrected chi connectivity index (χ4v) is 6.13. The van der Waals surface area contributed by atoms with Crippen molar-refractivity contribution in [2.45, 2.75) is 62.7 Å². The molecule has 6 heterocycles. The van der Waals surface area contributed by atoms with E-state index in [1.807, 2.05) is 0 Å². The summed E-state index contributed by atoms with van der Waals surface area (Å²) in [6.45, 7) is 1.12. The van der Waals surface area contributed by atoms with Crippen molar-refractivity contribution in [1.82, 2.24) is 39.5 Å². The number of nitrogens with zero attached hydrogens (tertiary/aromatic N) is 6. The summed E-state index contributed by atoms with van der Waals surface area (Å²) in [4.78, 5) is 86.2. The number of amides is 4. The average Bonchev–Trinajstić information content (AvgIpc) is 3.84. The summed E-state index contributed by atoms with van der Waals surface area (Å²) in [7, 11) is 0. The number of piperazine rings is 2. The van der Waals surface area contributed by atoms with E-state index in [0.29, 0.717) is 37.3 Å². The summed E-state index contributed by atoms with van der Waals surface area (Å²) in [6, 6.07) is -2.23. The van der Waals surface area contributed by atoms with Crippen LogP contribution in [0, 0.1) is 0 Å². The zero-order chi connectivity index (χ0) is 31.5. The summed E-state index contributed by atoms with van der Waals surface area (Å²) in [5.41, 5.74) is 0.918. The second-order valence-corrected chi connectivity index (χ2v) is 11.3. The van der Waals surface area contributed by atoms with Gasteiger partial charge in [0.25, 0.3) is 0 Å². The Labute approximate surface area is 257 Å². The van der Waals surface area contributed by atoms with Gasteiger partial charge >= 0.3 is 12.2 Å². The second kappa shape index (κ2) is 13.1. The summed E-state index contributed by atoms with van der Waals surface area (Å²) in [6.07, 6.45) is 7.33. The number of hydrogen-bond acceptors (Lipinski definition) is 11. The van der Waals surface area contributed by atoms with E-state index in [4.69, 9.17) is 14.2 Å². The molecule has 4 saturated heterocycles. The predicted molar refractivity (Wildman–Crippen MR) is 150 cm³/mol. The molecule has 4 atom stereocenters. The predicted octanol–water partition coefficient (Wildman–Crippen LogP) is -1.17. The van der Waals surface area contributed by atoms with E-state index < -0.39 is 36.4 Å². The fraction of sp³-hybridized carbons (Fsp3) is 0.571. The van der Waals surface area contributed by atoms with Crippen molar-refractivity contribution in [2.75, 3.05) is 39.5 Å². The molecule has 4 fully saturated rings. The number of hydrogen-bond donors (Lipinski definition) is 2. The molecule has 2 aromatic rings. The Balaban J connectivity index is 0.857. The van der Waals surface area contributed by atoms with Crippen LogP contribution < -0.4 is 10.6 Å². The van der Waals surface area contributed by atoms with Gasteiger partial charge < -0.3 is 34.6 Å². The number of ether oxygens (including phenoxy) is 3. The highest BCUT2D eigenvalue weighted by Crippen LogP contribution is 2.24. The van der Waals surface area contributed by atoms with Gasteiger partial charge in [-0.25, -0.2) is 28.7 Å². The highest BCUT2D eigenvalue weighted by molar-refractivity contribution is 5.98. The van der Waals surface area contributed by atoms with Gasteiger partial charge in [0.05, 0.1) is 24.6 Å². The van der Waals surface area contributed by atoms with E-state index in [9.17, 15) is 28.8 Å². The van der Waals surface area contributed by atoms with Crippen LogP contribution in [0.2, 0.25) is 0 Å². The standard InChI is InChI=1S/C28H34N8O9/c37-23-21-3-1-5-35(21)25(39)19(31-23)11-17-13-33(15-29-17)27(41)44-9-7-43-8-10-45-28(42)34-14-18(30-16-34)12-20-26(40)36-6-2-4-22(36)24(38)32-20/h13-16,19-22H,1-12H2,(H,31,37)(H,32,38)/t19-,20-,21-,22-/m0/s1. The van der Waals surface area contributed by atoms with Gasteiger partial charge in [0.2, 0.25) is 23.6 Å². The number of fused-ring (bicyclic) bond motifs is 2. The molecule has 4 aliphatic heterocycles. The van der Waals surface area contributed by atoms with Gasteiger partial charge in [-0.3, -0.25) is 19.2 Å². The molecule has 4 aliphatic rings. The topological polar surface area (TPSA) is 196 Å². The number of nitrogens with one attached hydrogen (secondary N) is 2. The molecule has 240 valence electrons. The molecule has 2 N–H and O–H groups in total. The smallest absolute Gasteiger partial charge is 0.419 e. The molecule has 0 aromatic carbocycles. The van der Waals surface area contributed by atoms with Gasteiger partial charge in [0.15, 0.2) is 0 Å². The van der Waals surface area contributed by atoms with Gasteiger partial charge in [-0.1, -0.05) is 0 Å². The minimum atomic E-state index is -0.723. The Morgan fingerprint density at radius 2 is 1.16 bits per heavy atom. The molecule has 0 aliphatic carbocycles. The quantitative estimate of drug-likeness (QED) is 0.302. The maximum absolute atomic E-state index is 12.7. The lowest BCUT2D eigenvalue weighted by molar-refractivity contribution is -0.147. The Hall–Kier alpha value is -4.80. The molecule has 2 aromatic heterocycles. The first kappa shape index (κ1) is 30.2. The molecule has 0 radical (unpaired) electrons. The maximum Gasteiger partial charge on any atom is 0.419 e. The van der Waals surface area contributed by atoms with E-state index in [-0.39, 0.29) is 62.9 Å². The largest absolute Gasteiger partial charge is 0.446 e. The third-order valence-corrected chi connectivity index (χ3v) is 8.33. The zero-order valence-electron chi connectivity index (χ0n) is 24.5. The van der Waals surface area contributed by atoms with Crippen LogP contribution >= 0.6 is 0 Å². The van der Waals surface area contributed by atoms with Crippen molar-refractivity contribution >= 4 is 35.8 Å². The molecule has 0 bridgehead atoms. The molecule has 45 heavy (non-hydrogen) atoms. The third kappa shape index (κ3) is 6.52. The van der Waals surface area contributed by atoms with Crippen molar-refractivity contribution in [3.8, 4) is 0 Å². The van der Waals surface area contributed by atoms with Crippen LogP contribution in [-0.2, 0) is 46.2 Å². The Morgan fingerprint density at radius 3 is 1.60 bits per heavy atom. The number of carbonyl (C=O) groups is 6. The Kier molecular flexibility index (Phi) is 8.77. The van der Waals surface area contributed by atoms with Crippen molar-refractivity contribution in [3.05, 3.63) is 36.4 Å². The average molecular weight is 627 g/mol. The van der Waals surface area contributed by atoms with E-state index >= 15 is 0 Å². The van der Waals surface area contributed by atoms with Crippen LogP contribution in [0.1, 0.15) is 37.1 Å². The zero-order valence-corrected chi connectivity index (χ0v) is 24.5. The van der Waals surface area contributed by atoms with E-state index in [0.717, 1.165) is 22.0 Å². The van der Waals surface area contributed by atoms with Gasteiger partial charge in [-0.15, -0.1) is 0 Å². The molecular weight excluding hydrogens is 592 g/mol. The second-order valence-electron chi connectivity index (χ2n) is 11.3. The summed E-state index contributed by atoms with van der Waals surface area (Å²) in [5, 5.41) is 5.50. The van der Waals surface area contributed by atoms with E-state index in [1.165, 1.54) is 25.0 Å². The molecule has 17 heteroatoms. The van der Waals surface area contributed by atoms with Gasteiger partial charge in [0, 0.05) is 38.3 Å². The third-order valence-electron chi connectivity index (χ3n) is 8.33. The van der Waals surface area contributed by atoms with Crippen LogP contribution in [0.5, 0.6) is 0 Å². The van der Waals surface area contributed by atoms with Crippen molar-refractivity contribution < 1.29 is 43.0 Å². The van der Waals surface area contributed by atoms with Crippen molar-refractivity contribution in [2.24, 2.45) is 0 Å². The summed E-state index contributed by atoms with van der Waals surface area (Å²) in [5.74, 6) is -0.614. The molecule has 17 nitrogen and oxygen atoms in total. The number of carbonyl (C=O) groups excluding carboxylic acids is 6. The monoisotopic (exact) mass is 626 g/mol. The van der Waals surface area contributed by atoms with E-state index in [1.54, 1.807) is 9.80 Å². The lowest BCUT2D eigenvalue weighted by Gasteiger charge is -2.34. The van der Waals surface area contributed by atoms with Crippen molar-refractivity contribution in [1.29, 1.82) is 0 Å². The molecule has 0 spiro atoms. The van der Waals surface area contributed by atoms with Gasteiger partial charge in [0.1, 0.15) is 50.0 Å². The highest BCUT2D eigenvalue weighted by Gasteiger charge is 2.44. The van der Waals surface area contributed by atoms with Crippen molar-refractivity contribution in [3.63, 3.8) is 0 Å². The van der Waals surface area contributed by atoms with Crippen LogP contribution in [0.3, 0.4) is 0 Å². The minimum absolute atomic E-state index is 0.0543. The SMILES string of the molecule is O=C1N[C@@H](Cc2cn(C(=O)OCCOCCOC(=O)n3cnc(C[C@@H]4NC(=O)[C@@H]5CCCN5C4=O)c3)cn2)C(=O)N2CCC[C@@H]12. The van der Waals surface area contributed by atoms with Crippen LogP contribution in [0.25, 0.3) is 0 Å². The molecule has 0 unspecified atom stereocenters. The lowest BCUT2D eigenvalue weighted by Crippen LogP contribution is -2.61. The summed E-state index contributed by atoms with van der Waals surface area (Å²) >= 11 is 0.